The minimum absolute atomic E-state index is 0.267. The second kappa shape index (κ2) is 3.73. The van der Waals surface area contributed by atoms with Gasteiger partial charge in [0.15, 0.2) is 0 Å². The molecule has 0 amide bonds. The van der Waals surface area contributed by atoms with Crippen molar-refractivity contribution in [1.29, 1.82) is 0 Å². The monoisotopic (exact) mass is 236 g/mol. The molecule has 15 heavy (non-hydrogen) atoms. The molecule has 1 heterocycles. The van der Waals surface area contributed by atoms with Crippen molar-refractivity contribution in [2.75, 3.05) is 20.6 Å². The first-order valence-corrected chi connectivity index (χ1v) is 6.06. The van der Waals surface area contributed by atoms with Crippen LogP contribution in [0.1, 0.15) is 19.8 Å². The van der Waals surface area contributed by atoms with Crippen LogP contribution in [0, 0.1) is 0 Å². The zero-order valence-corrected chi connectivity index (χ0v) is 9.91. The molecule has 1 aliphatic heterocycles. The number of nitrogens with zero attached hydrogens (tertiary/aromatic N) is 2. The van der Waals surface area contributed by atoms with Crippen LogP contribution >= 0.6 is 0 Å². The predicted octanol–water partition coefficient (Wildman–Crippen LogP) is -0.268. The van der Waals surface area contributed by atoms with Crippen molar-refractivity contribution in [3.8, 4) is 0 Å². The van der Waals surface area contributed by atoms with Crippen LogP contribution in [0.4, 0.5) is 0 Å². The van der Waals surface area contributed by atoms with Crippen molar-refractivity contribution >= 4 is 16.2 Å². The normalized spacial score (nSPS) is 28.5. The van der Waals surface area contributed by atoms with E-state index in [0.717, 1.165) is 8.61 Å². The molecule has 1 atom stereocenters. The van der Waals surface area contributed by atoms with Crippen LogP contribution in [0.3, 0.4) is 0 Å². The minimum atomic E-state index is -3.64. The van der Waals surface area contributed by atoms with Gasteiger partial charge in [-0.15, -0.1) is 0 Å². The summed E-state index contributed by atoms with van der Waals surface area (Å²) in [6, 6.07) is 0. The fraction of sp³-hybridized carbons (Fsp3) is 0.875. The number of hydrogen-bond acceptors (Lipinski definition) is 3. The first-order chi connectivity index (χ1) is 6.73. The molecule has 0 saturated carbocycles. The lowest BCUT2D eigenvalue weighted by Gasteiger charge is -2.32. The summed E-state index contributed by atoms with van der Waals surface area (Å²) in [5.74, 6) is -1.09. The topological polar surface area (TPSA) is 77.9 Å². The third-order valence-corrected chi connectivity index (χ3v) is 4.84. The molecular weight excluding hydrogens is 220 g/mol. The number of aliphatic carboxylic acids is 1. The number of rotatable bonds is 3. The Bertz CT molecular complexity index is 365. The van der Waals surface area contributed by atoms with Crippen molar-refractivity contribution < 1.29 is 18.3 Å². The second-order valence-corrected chi connectivity index (χ2v) is 6.11. The fourth-order valence-electron chi connectivity index (χ4n) is 1.72. The Labute approximate surface area is 89.7 Å². The van der Waals surface area contributed by atoms with Crippen molar-refractivity contribution in [3.05, 3.63) is 0 Å². The van der Waals surface area contributed by atoms with Gasteiger partial charge < -0.3 is 5.11 Å². The van der Waals surface area contributed by atoms with E-state index in [2.05, 4.69) is 0 Å². The molecule has 0 bridgehead atoms. The highest BCUT2D eigenvalue weighted by atomic mass is 32.2. The Kier molecular flexibility index (Phi) is 3.09. The maximum absolute atomic E-state index is 11.8. The predicted molar refractivity (Wildman–Crippen MR) is 54.6 cm³/mol. The van der Waals surface area contributed by atoms with Crippen LogP contribution in [0.5, 0.6) is 0 Å². The molecule has 6 nitrogen and oxygen atoms in total. The summed E-state index contributed by atoms with van der Waals surface area (Å²) in [5.41, 5.74) is -1.30. The largest absolute Gasteiger partial charge is 0.480 e. The second-order valence-electron chi connectivity index (χ2n) is 4.04. The summed E-state index contributed by atoms with van der Waals surface area (Å²) >= 11 is 0. The van der Waals surface area contributed by atoms with Crippen LogP contribution in [0.15, 0.2) is 0 Å². The lowest BCUT2D eigenvalue weighted by Crippen LogP contribution is -2.53. The van der Waals surface area contributed by atoms with Crippen molar-refractivity contribution in [1.82, 2.24) is 8.61 Å². The van der Waals surface area contributed by atoms with Gasteiger partial charge in [0.05, 0.1) is 0 Å². The van der Waals surface area contributed by atoms with Gasteiger partial charge in [0.2, 0.25) is 0 Å². The van der Waals surface area contributed by atoms with Gasteiger partial charge in [-0.05, 0) is 19.8 Å². The molecule has 1 aliphatic rings. The zero-order chi connectivity index (χ0) is 11.9. The van der Waals surface area contributed by atoms with Crippen LogP contribution in [0.25, 0.3) is 0 Å². The SMILES string of the molecule is CN(C)S(=O)(=O)N1CCCC1(C)C(=O)O. The van der Waals surface area contributed by atoms with Gasteiger partial charge in [0.1, 0.15) is 5.54 Å². The molecule has 1 unspecified atom stereocenters. The summed E-state index contributed by atoms with van der Waals surface area (Å²) in [7, 11) is -0.846. The van der Waals surface area contributed by atoms with E-state index in [4.69, 9.17) is 5.11 Å². The molecule has 1 rings (SSSR count). The van der Waals surface area contributed by atoms with E-state index in [1.54, 1.807) is 0 Å². The van der Waals surface area contributed by atoms with Crippen molar-refractivity contribution in [3.63, 3.8) is 0 Å². The number of carboxylic acids is 1. The average Bonchev–Trinajstić information content (AvgIpc) is 2.48. The molecule has 7 heteroatoms. The maximum Gasteiger partial charge on any atom is 0.324 e. The zero-order valence-electron chi connectivity index (χ0n) is 9.10. The third-order valence-electron chi connectivity index (χ3n) is 2.78. The van der Waals surface area contributed by atoms with Gasteiger partial charge in [-0.2, -0.15) is 17.0 Å². The highest BCUT2D eigenvalue weighted by Gasteiger charge is 2.49. The van der Waals surface area contributed by atoms with Gasteiger partial charge >= 0.3 is 5.97 Å². The van der Waals surface area contributed by atoms with Crippen LogP contribution in [-0.2, 0) is 15.0 Å². The molecule has 88 valence electrons. The van der Waals surface area contributed by atoms with Gasteiger partial charge in [0.25, 0.3) is 10.2 Å². The number of carbonyl (C=O) groups is 1. The first kappa shape index (κ1) is 12.4. The molecule has 0 aromatic rings. The van der Waals surface area contributed by atoms with Gasteiger partial charge in [-0.25, -0.2) is 0 Å². The van der Waals surface area contributed by atoms with Crippen LogP contribution < -0.4 is 0 Å². The van der Waals surface area contributed by atoms with E-state index >= 15 is 0 Å². The molecule has 0 spiro atoms. The Hall–Kier alpha value is -0.660. The average molecular weight is 236 g/mol. The minimum Gasteiger partial charge on any atom is -0.480 e. The van der Waals surface area contributed by atoms with E-state index in [9.17, 15) is 13.2 Å². The maximum atomic E-state index is 11.8. The van der Waals surface area contributed by atoms with E-state index in [1.807, 2.05) is 0 Å². The Morgan fingerprint density at radius 1 is 1.47 bits per heavy atom. The molecule has 0 aromatic carbocycles. The highest BCUT2D eigenvalue weighted by Crippen LogP contribution is 2.32. The van der Waals surface area contributed by atoms with Gasteiger partial charge in [-0.3, -0.25) is 4.79 Å². The highest BCUT2D eigenvalue weighted by molar-refractivity contribution is 7.86. The smallest absolute Gasteiger partial charge is 0.324 e. The third kappa shape index (κ3) is 1.86. The Balaban J connectivity index is 3.12. The molecule has 1 N–H and O–H groups in total. The number of carboxylic acid groups (broad SMARTS) is 1. The van der Waals surface area contributed by atoms with Crippen molar-refractivity contribution in [2.24, 2.45) is 0 Å². The summed E-state index contributed by atoms with van der Waals surface area (Å²) in [6.45, 7) is 1.71. The molecule has 1 saturated heterocycles. The standard InChI is InChI=1S/C8H16N2O4S/c1-8(7(11)12)5-4-6-10(8)15(13,14)9(2)3/h4-6H2,1-3H3,(H,11,12). The van der Waals surface area contributed by atoms with E-state index < -0.39 is 21.7 Å². The van der Waals surface area contributed by atoms with E-state index in [-0.39, 0.29) is 6.54 Å². The van der Waals surface area contributed by atoms with E-state index in [1.165, 1.54) is 21.0 Å². The Morgan fingerprint density at radius 2 is 2.00 bits per heavy atom. The molecule has 0 aromatic heterocycles. The molecule has 1 fully saturated rings. The molecule has 0 radical (unpaired) electrons. The molecular formula is C8H16N2O4S. The number of hydrogen-bond donors (Lipinski definition) is 1. The Morgan fingerprint density at radius 3 is 2.40 bits per heavy atom. The summed E-state index contributed by atoms with van der Waals surface area (Å²) in [5, 5.41) is 9.06. The quantitative estimate of drug-likeness (QED) is 0.732. The summed E-state index contributed by atoms with van der Waals surface area (Å²) in [6.07, 6.45) is 0.936. The summed E-state index contributed by atoms with van der Waals surface area (Å²) < 4.78 is 25.8. The van der Waals surface area contributed by atoms with Gasteiger partial charge in [-0.1, -0.05) is 0 Å². The van der Waals surface area contributed by atoms with Gasteiger partial charge in [0, 0.05) is 20.6 Å². The lowest BCUT2D eigenvalue weighted by atomic mass is 10.0. The molecule has 0 aliphatic carbocycles. The lowest BCUT2D eigenvalue weighted by molar-refractivity contribution is -0.146. The summed E-state index contributed by atoms with van der Waals surface area (Å²) in [4.78, 5) is 11.1. The van der Waals surface area contributed by atoms with E-state index in [0.29, 0.717) is 12.8 Å². The fourth-order valence-corrected chi connectivity index (χ4v) is 3.15. The van der Waals surface area contributed by atoms with Crippen molar-refractivity contribution in [2.45, 2.75) is 25.3 Å². The first-order valence-electron chi connectivity index (χ1n) is 4.66. The van der Waals surface area contributed by atoms with Crippen LogP contribution in [-0.4, -0.2) is 54.3 Å². The van der Waals surface area contributed by atoms with Crippen LogP contribution in [0.2, 0.25) is 0 Å².